The lowest BCUT2D eigenvalue weighted by Gasteiger charge is -2.36. The van der Waals surface area contributed by atoms with Gasteiger partial charge in [0.2, 0.25) is 6.10 Å². The Morgan fingerprint density at radius 1 is 1.19 bits per heavy atom. The lowest BCUT2D eigenvalue weighted by atomic mass is 9.74. The molecule has 0 radical (unpaired) electrons. The van der Waals surface area contributed by atoms with Gasteiger partial charge in [-0.1, -0.05) is 26.0 Å². The molecule has 2 aromatic rings. The van der Waals surface area contributed by atoms with E-state index in [1.54, 1.807) is 0 Å². The maximum Gasteiger partial charge on any atom is 0.265 e. The molecule has 26 heavy (non-hydrogen) atoms. The Balaban J connectivity index is 1.55. The van der Waals surface area contributed by atoms with E-state index in [-0.39, 0.29) is 23.5 Å². The van der Waals surface area contributed by atoms with Gasteiger partial charge in [0.15, 0.2) is 11.5 Å². The molecule has 0 spiro atoms. The van der Waals surface area contributed by atoms with Crippen molar-refractivity contribution >= 4 is 5.91 Å². The zero-order valence-corrected chi connectivity index (χ0v) is 15.7. The van der Waals surface area contributed by atoms with E-state index >= 15 is 0 Å². The van der Waals surface area contributed by atoms with Gasteiger partial charge >= 0.3 is 0 Å². The molecular formula is C21H25NO4. The number of ether oxygens (including phenoxy) is 2. The first-order valence-corrected chi connectivity index (χ1v) is 9.14. The second-order valence-electron chi connectivity index (χ2n) is 8.15. The van der Waals surface area contributed by atoms with Crippen molar-refractivity contribution in [2.24, 2.45) is 5.41 Å². The predicted octanol–water partition coefficient (Wildman–Crippen LogP) is 3.95. The van der Waals surface area contributed by atoms with Crippen molar-refractivity contribution in [3.8, 4) is 11.5 Å². The van der Waals surface area contributed by atoms with Crippen LogP contribution in [0.1, 0.15) is 50.3 Å². The number of furan rings is 1. The topological polar surface area (TPSA) is 60.7 Å². The van der Waals surface area contributed by atoms with Crippen LogP contribution in [0.4, 0.5) is 0 Å². The third-order valence-corrected chi connectivity index (χ3v) is 5.15. The van der Waals surface area contributed by atoms with Crippen LogP contribution in [0.3, 0.4) is 0 Å². The van der Waals surface area contributed by atoms with Crippen LogP contribution in [0.15, 0.2) is 34.7 Å². The molecule has 1 amide bonds. The summed E-state index contributed by atoms with van der Waals surface area (Å²) in [7, 11) is 0. The average Bonchev–Trinajstić information content (AvgIpc) is 2.93. The van der Waals surface area contributed by atoms with Crippen molar-refractivity contribution in [3.05, 3.63) is 47.4 Å². The summed E-state index contributed by atoms with van der Waals surface area (Å²) in [5.74, 6) is 2.99. The standard InChI is InChI=1S/C21H25NO4/c1-12-9-14-15(10-21(3,4)11-18(14)24-12)22-20(23)19-13(2)25-16-7-5-6-8-17(16)26-19/h5-9,13,15,19H,10-11H2,1-4H3,(H,22,23)/t13-,15+,19+/m1/s1. The van der Waals surface area contributed by atoms with Gasteiger partial charge in [-0.15, -0.1) is 0 Å². The van der Waals surface area contributed by atoms with Crippen molar-refractivity contribution < 1.29 is 18.7 Å². The van der Waals surface area contributed by atoms with Crippen LogP contribution in [0.25, 0.3) is 0 Å². The molecule has 5 heteroatoms. The van der Waals surface area contributed by atoms with E-state index in [4.69, 9.17) is 13.9 Å². The molecule has 0 bridgehead atoms. The molecular weight excluding hydrogens is 330 g/mol. The second kappa shape index (κ2) is 6.08. The number of carbonyl (C=O) groups excluding carboxylic acids is 1. The van der Waals surface area contributed by atoms with E-state index in [1.165, 1.54) is 0 Å². The number of nitrogens with one attached hydrogen (secondary N) is 1. The molecule has 1 aromatic carbocycles. The zero-order valence-electron chi connectivity index (χ0n) is 15.7. The molecule has 2 heterocycles. The number of fused-ring (bicyclic) bond motifs is 2. The van der Waals surface area contributed by atoms with E-state index < -0.39 is 6.10 Å². The van der Waals surface area contributed by atoms with E-state index in [2.05, 4.69) is 19.2 Å². The molecule has 0 saturated carbocycles. The van der Waals surface area contributed by atoms with Crippen LogP contribution in [-0.4, -0.2) is 18.1 Å². The molecule has 1 aliphatic heterocycles. The molecule has 4 rings (SSSR count). The Labute approximate surface area is 153 Å². The highest BCUT2D eigenvalue weighted by molar-refractivity contribution is 5.82. The van der Waals surface area contributed by atoms with Gasteiger partial charge in [-0.2, -0.15) is 0 Å². The van der Waals surface area contributed by atoms with E-state index in [1.807, 2.05) is 44.2 Å². The van der Waals surface area contributed by atoms with Crippen LogP contribution in [0.2, 0.25) is 0 Å². The average molecular weight is 355 g/mol. The molecule has 1 aromatic heterocycles. The van der Waals surface area contributed by atoms with Gasteiger partial charge < -0.3 is 19.2 Å². The molecule has 0 unspecified atom stereocenters. The van der Waals surface area contributed by atoms with E-state index in [9.17, 15) is 4.79 Å². The summed E-state index contributed by atoms with van der Waals surface area (Å²) in [6.07, 6.45) is 0.719. The van der Waals surface area contributed by atoms with Crippen LogP contribution >= 0.6 is 0 Å². The van der Waals surface area contributed by atoms with Crippen LogP contribution in [0.5, 0.6) is 11.5 Å². The summed E-state index contributed by atoms with van der Waals surface area (Å²) in [4.78, 5) is 13.0. The highest BCUT2D eigenvalue weighted by Gasteiger charge is 2.39. The number of carbonyl (C=O) groups is 1. The minimum Gasteiger partial charge on any atom is -0.482 e. The molecule has 1 N–H and O–H groups in total. The molecule has 138 valence electrons. The highest BCUT2D eigenvalue weighted by atomic mass is 16.6. The number of rotatable bonds is 2. The van der Waals surface area contributed by atoms with Crippen molar-refractivity contribution in [2.45, 2.75) is 58.8 Å². The van der Waals surface area contributed by atoms with Crippen molar-refractivity contribution in [2.75, 3.05) is 0 Å². The fourth-order valence-electron chi connectivity index (χ4n) is 3.97. The second-order valence-corrected chi connectivity index (χ2v) is 8.15. The molecule has 0 saturated heterocycles. The van der Waals surface area contributed by atoms with E-state index in [0.29, 0.717) is 11.5 Å². The number of hydrogen-bond donors (Lipinski definition) is 1. The van der Waals surface area contributed by atoms with Crippen LogP contribution in [-0.2, 0) is 11.2 Å². The summed E-state index contributed by atoms with van der Waals surface area (Å²) in [6.45, 7) is 8.21. The van der Waals surface area contributed by atoms with Gasteiger partial charge in [-0.3, -0.25) is 4.79 Å². The maximum atomic E-state index is 13.0. The van der Waals surface area contributed by atoms with Crippen molar-refractivity contribution in [3.63, 3.8) is 0 Å². The number of hydrogen-bond acceptors (Lipinski definition) is 4. The fraction of sp³-hybridized carbons (Fsp3) is 0.476. The van der Waals surface area contributed by atoms with Gasteiger partial charge in [0.1, 0.15) is 17.6 Å². The summed E-state index contributed by atoms with van der Waals surface area (Å²) >= 11 is 0. The number of para-hydroxylation sites is 2. The monoisotopic (exact) mass is 355 g/mol. The first-order chi connectivity index (χ1) is 12.3. The number of aryl methyl sites for hydroxylation is 1. The normalized spacial score (nSPS) is 26.1. The predicted molar refractivity (Wildman–Crippen MR) is 97.4 cm³/mol. The smallest absolute Gasteiger partial charge is 0.265 e. The Kier molecular flexibility index (Phi) is 3.98. The molecule has 2 aliphatic rings. The Morgan fingerprint density at radius 2 is 1.88 bits per heavy atom. The first kappa shape index (κ1) is 17.0. The highest BCUT2D eigenvalue weighted by Crippen LogP contribution is 2.42. The minimum atomic E-state index is -0.675. The van der Waals surface area contributed by atoms with Crippen molar-refractivity contribution in [1.29, 1.82) is 0 Å². The van der Waals surface area contributed by atoms with Crippen LogP contribution in [0, 0.1) is 12.3 Å². The number of amides is 1. The molecule has 3 atom stereocenters. The van der Waals surface area contributed by atoms with Crippen molar-refractivity contribution in [1.82, 2.24) is 5.32 Å². The third-order valence-electron chi connectivity index (χ3n) is 5.15. The van der Waals surface area contributed by atoms with Gasteiger partial charge in [0.05, 0.1) is 6.04 Å². The van der Waals surface area contributed by atoms with Gasteiger partial charge in [0.25, 0.3) is 5.91 Å². The van der Waals surface area contributed by atoms with Crippen LogP contribution < -0.4 is 14.8 Å². The lowest BCUT2D eigenvalue weighted by Crippen LogP contribution is -2.50. The zero-order chi connectivity index (χ0) is 18.5. The minimum absolute atomic E-state index is 0.0668. The third kappa shape index (κ3) is 3.06. The summed E-state index contributed by atoms with van der Waals surface area (Å²) in [5, 5.41) is 3.17. The maximum absolute atomic E-state index is 13.0. The Bertz CT molecular complexity index is 838. The van der Waals surface area contributed by atoms with E-state index in [0.717, 1.165) is 29.9 Å². The fourth-order valence-corrected chi connectivity index (χ4v) is 3.97. The molecule has 5 nitrogen and oxygen atoms in total. The SMILES string of the molecule is Cc1cc2c(o1)CC(C)(C)C[C@@H]2NC(=O)[C@H]1Oc2ccccc2O[C@@H]1C. The Hall–Kier alpha value is -2.43. The lowest BCUT2D eigenvalue weighted by molar-refractivity contribution is -0.134. The van der Waals surface area contributed by atoms with Gasteiger partial charge in [-0.25, -0.2) is 0 Å². The quantitative estimate of drug-likeness (QED) is 0.886. The summed E-state index contributed by atoms with van der Waals surface area (Å²) in [5.41, 5.74) is 1.15. The first-order valence-electron chi connectivity index (χ1n) is 9.14. The number of benzene rings is 1. The molecule has 1 aliphatic carbocycles. The largest absolute Gasteiger partial charge is 0.482 e. The Morgan fingerprint density at radius 3 is 2.62 bits per heavy atom. The summed E-state index contributed by atoms with van der Waals surface area (Å²) < 4.78 is 17.7. The summed E-state index contributed by atoms with van der Waals surface area (Å²) in [6, 6.07) is 9.39. The van der Waals surface area contributed by atoms with Gasteiger partial charge in [0, 0.05) is 12.0 Å². The molecule has 0 fully saturated rings. The van der Waals surface area contributed by atoms with Gasteiger partial charge in [-0.05, 0) is 43.9 Å².